The molecule has 0 spiro atoms. The maximum atomic E-state index is 5.53. The van der Waals surface area contributed by atoms with Gasteiger partial charge in [0, 0.05) is 24.6 Å². The first-order chi connectivity index (χ1) is 8.77. The molecule has 0 aromatic carbocycles. The molecule has 0 amide bonds. The summed E-state index contributed by atoms with van der Waals surface area (Å²) in [5, 5.41) is 3.64. The van der Waals surface area contributed by atoms with Crippen LogP contribution in [0, 0.1) is 0 Å². The molecular weight excluding hydrogens is 226 g/mol. The number of hydrogen-bond donors (Lipinski definition) is 1. The molecule has 3 heteroatoms. The van der Waals surface area contributed by atoms with Gasteiger partial charge in [0.25, 0.3) is 0 Å². The lowest BCUT2D eigenvalue weighted by molar-refractivity contribution is 0.0759. The first kappa shape index (κ1) is 13.6. The molecule has 0 saturated heterocycles. The molecule has 1 unspecified atom stereocenters. The zero-order chi connectivity index (χ0) is 12.8. The highest BCUT2D eigenvalue weighted by Gasteiger charge is 2.21. The number of nitrogens with one attached hydrogen (secondary N) is 1. The Bertz CT molecular complexity index is 346. The van der Waals surface area contributed by atoms with E-state index in [1.54, 1.807) is 0 Å². The molecule has 18 heavy (non-hydrogen) atoms. The van der Waals surface area contributed by atoms with Crippen LogP contribution in [-0.4, -0.2) is 19.3 Å². The van der Waals surface area contributed by atoms with E-state index in [0.717, 1.165) is 26.0 Å². The highest BCUT2D eigenvalue weighted by Crippen LogP contribution is 2.30. The molecule has 1 aromatic rings. The monoisotopic (exact) mass is 251 g/mol. The Labute approximate surface area is 110 Å². The van der Waals surface area contributed by atoms with Gasteiger partial charge in [0.1, 0.15) is 5.76 Å². The number of unbranched alkanes of at least 4 members (excludes halogenated alkanes) is 1. The van der Waals surface area contributed by atoms with E-state index in [2.05, 4.69) is 25.2 Å². The highest BCUT2D eigenvalue weighted by atomic mass is 16.5. The van der Waals surface area contributed by atoms with Gasteiger partial charge in [-0.05, 0) is 52.1 Å². The molecule has 3 nitrogen and oxygen atoms in total. The van der Waals surface area contributed by atoms with Crippen LogP contribution in [0.2, 0.25) is 0 Å². The van der Waals surface area contributed by atoms with Crippen molar-refractivity contribution in [2.75, 3.05) is 13.2 Å². The maximum Gasteiger partial charge on any atom is 0.108 e. The molecule has 1 aliphatic rings. The van der Waals surface area contributed by atoms with E-state index in [1.165, 1.54) is 30.6 Å². The van der Waals surface area contributed by atoms with Crippen molar-refractivity contribution in [3.8, 4) is 0 Å². The Kier molecular flexibility index (Phi) is 5.26. The summed E-state index contributed by atoms with van der Waals surface area (Å²) in [7, 11) is 0. The minimum absolute atomic E-state index is 0.352. The number of ether oxygens (including phenoxy) is 1. The summed E-state index contributed by atoms with van der Waals surface area (Å²) in [6, 6.07) is 2.62. The number of fused-ring (bicyclic) bond motifs is 1. The van der Waals surface area contributed by atoms with Crippen LogP contribution in [0.4, 0.5) is 0 Å². The van der Waals surface area contributed by atoms with E-state index in [4.69, 9.17) is 9.15 Å². The van der Waals surface area contributed by atoms with Crippen LogP contribution in [0.15, 0.2) is 16.7 Å². The van der Waals surface area contributed by atoms with Crippen molar-refractivity contribution >= 4 is 0 Å². The second-order valence-electron chi connectivity index (χ2n) is 5.32. The molecule has 1 aliphatic carbocycles. The third-order valence-electron chi connectivity index (χ3n) is 3.46. The van der Waals surface area contributed by atoms with Crippen LogP contribution in [0.5, 0.6) is 0 Å². The van der Waals surface area contributed by atoms with E-state index in [1.807, 2.05) is 6.26 Å². The smallest absolute Gasteiger partial charge is 0.108 e. The third-order valence-corrected chi connectivity index (χ3v) is 3.46. The summed E-state index contributed by atoms with van der Waals surface area (Å²) in [4.78, 5) is 0. The molecular formula is C15H25NO2. The van der Waals surface area contributed by atoms with Crippen LogP contribution >= 0.6 is 0 Å². The summed E-state index contributed by atoms with van der Waals surface area (Å²) >= 11 is 0. The fourth-order valence-corrected chi connectivity index (χ4v) is 2.52. The lowest BCUT2D eigenvalue weighted by atomic mass is 9.93. The van der Waals surface area contributed by atoms with Crippen LogP contribution < -0.4 is 5.32 Å². The van der Waals surface area contributed by atoms with Crippen LogP contribution in [0.3, 0.4) is 0 Å². The fraction of sp³-hybridized carbons (Fsp3) is 0.733. The van der Waals surface area contributed by atoms with E-state index in [9.17, 15) is 0 Å². The number of hydrogen-bond acceptors (Lipinski definition) is 3. The SMILES string of the molecule is CC(C)OCCCCNC1CCCc2occc21. The van der Waals surface area contributed by atoms with Crippen molar-refractivity contribution in [3.63, 3.8) is 0 Å². The molecule has 2 rings (SSSR count). The van der Waals surface area contributed by atoms with Crippen molar-refractivity contribution < 1.29 is 9.15 Å². The largest absolute Gasteiger partial charge is 0.469 e. The van der Waals surface area contributed by atoms with Gasteiger partial charge in [0.05, 0.1) is 12.4 Å². The molecule has 102 valence electrons. The van der Waals surface area contributed by atoms with Gasteiger partial charge < -0.3 is 14.5 Å². The molecule has 1 aromatic heterocycles. The Morgan fingerprint density at radius 1 is 1.44 bits per heavy atom. The van der Waals surface area contributed by atoms with E-state index in [-0.39, 0.29) is 0 Å². The van der Waals surface area contributed by atoms with Crippen molar-refractivity contribution in [3.05, 3.63) is 23.7 Å². The van der Waals surface area contributed by atoms with Gasteiger partial charge in [-0.3, -0.25) is 0 Å². The molecule has 0 fully saturated rings. The Morgan fingerprint density at radius 3 is 3.17 bits per heavy atom. The van der Waals surface area contributed by atoms with Crippen molar-refractivity contribution in [1.29, 1.82) is 0 Å². The number of furan rings is 1. The van der Waals surface area contributed by atoms with Crippen molar-refractivity contribution in [1.82, 2.24) is 5.32 Å². The third kappa shape index (κ3) is 3.85. The average Bonchev–Trinajstić information content (AvgIpc) is 2.82. The summed E-state index contributed by atoms with van der Waals surface area (Å²) in [5.74, 6) is 1.18. The molecule has 1 atom stereocenters. The van der Waals surface area contributed by atoms with Gasteiger partial charge in [-0.25, -0.2) is 0 Å². The first-order valence-electron chi connectivity index (χ1n) is 7.18. The zero-order valence-corrected chi connectivity index (χ0v) is 11.6. The summed E-state index contributed by atoms with van der Waals surface area (Å²) in [6.45, 7) is 6.11. The highest BCUT2D eigenvalue weighted by molar-refractivity contribution is 5.23. The molecule has 0 bridgehead atoms. The quantitative estimate of drug-likeness (QED) is 0.754. The predicted molar refractivity (Wildman–Crippen MR) is 72.7 cm³/mol. The van der Waals surface area contributed by atoms with E-state index >= 15 is 0 Å². The minimum Gasteiger partial charge on any atom is -0.469 e. The van der Waals surface area contributed by atoms with Crippen LogP contribution in [-0.2, 0) is 11.2 Å². The van der Waals surface area contributed by atoms with Gasteiger partial charge in [0.15, 0.2) is 0 Å². The Morgan fingerprint density at radius 2 is 2.33 bits per heavy atom. The predicted octanol–water partition coefficient (Wildman–Crippen LogP) is 3.45. The standard InChI is InChI=1S/C15H25NO2/c1-12(2)17-10-4-3-9-16-14-6-5-7-15-13(14)8-11-18-15/h8,11-12,14,16H,3-7,9-10H2,1-2H3. The second-order valence-corrected chi connectivity index (χ2v) is 5.32. The molecule has 0 saturated carbocycles. The topological polar surface area (TPSA) is 34.4 Å². The normalized spacial score (nSPS) is 19.2. The van der Waals surface area contributed by atoms with E-state index in [0.29, 0.717) is 12.1 Å². The Balaban J connectivity index is 1.63. The van der Waals surface area contributed by atoms with E-state index < -0.39 is 0 Å². The van der Waals surface area contributed by atoms with Crippen molar-refractivity contribution in [2.45, 2.75) is 58.1 Å². The van der Waals surface area contributed by atoms with Gasteiger partial charge in [-0.2, -0.15) is 0 Å². The fourth-order valence-electron chi connectivity index (χ4n) is 2.52. The Hall–Kier alpha value is -0.800. The lowest BCUT2D eigenvalue weighted by Crippen LogP contribution is -2.25. The molecule has 0 radical (unpaired) electrons. The van der Waals surface area contributed by atoms with Gasteiger partial charge in [0.2, 0.25) is 0 Å². The number of aryl methyl sites for hydroxylation is 1. The second kappa shape index (κ2) is 6.95. The summed E-state index contributed by atoms with van der Waals surface area (Å²) < 4.78 is 11.0. The number of rotatable bonds is 7. The molecule has 0 aliphatic heterocycles. The molecule has 1 N–H and O–H groups in total. The van der Waals surface area contributed by atoms with Crippen LogP contribution in [0.1, 0.15) is 56.9 Å². The molecule has 1 heterocycles. The van der Waals surface area contributed by atoms with Gasteiger partial charge in [-0.1, -0.05) is 0 Å². The maximum absolute atomic E-state index is 5.53. The minimum atomic E-state index is 0.352. The van der Waals surface area contributed by atoms with Gasteiger partial charge in [-0.15, -0.1) is 0 Å². The van der Waals surface area contributed by atoms with Crippen molar-refractivity contribution in [2.24, 2.45) is 0 Å². The zero-order valence-electron chi connectivity index (χ0n) is 11.6. The van der Waals surface area contributed by atoms with Gasteiger partial charge >= 0.3 is 0 Å². The first-order valence-corrected chi connectivity index (χ1v) is 7.18. The average molecular weight is 251 g/mol. The summed E-state index contributed by atoms with van der Waals surface area (Å²) in [6.07, 6.45) is 8.05. The lowest BCUT2D eigenvalue weighted by Gasteiger charge is -2.22. The summed E-state index contributed by atoms with van der Waals surface area (Å²) in [5.41, 5.74) is 1.37. The van der Waals surface area contributed by atoms with Crippen LogP contribution in [0.25, 0.3) is 0 Å².